The van der Waals surface area contributed by atoms with Gasteiger partial charge in [0.2, 0.25) is 5.91 Å². The lowest BCUT2D eigenvalue weighted by Gasteiger charge is -2.34. The Balaban J connectivity index is 1.59. The Hall–Kier alpha value is -1.70. The van der Waals surface area contributed by atoms with Crippen LogP contribution in [-0.4, -0.2) is 47.8 Å². The molecule has 27 heavy (non-hydrogen) atoms. The van der Waals surface area contributed by atoms with E-state index in [4.69, 9.17) is 0 Å². The van der Waals surface area contributed by atoms with Crippen LogP contribution in [0.5, 0.6) is 0 Å². The summed E-state index contributed by atoms with van der Waals surface area (Å²) in [5.74, 6) is 0.0365. The summed E-state index contributed by atoms with van der Waals surface area (Å²) in [7, 11) is 0. The Morgan fingerprint density at radius 2 is 1.89 bits per heavy atom. The molecule has 2 aromatic heterocycles. The number of rotatable bonds is 4. The highest BCUT2D eigenvalue weighted by Gasteiger charge is 2.26. The zero-order chi connectivity index (χ0) is 19.6. The molecule has 3 rings (SSSR count). The molecule has 0 spiro atoms. The minimum atomic E-state index is -0.457. The Morgan fingerprint density at radius 1 is 1.19 bits per heavy atom. The van der Waals surface area contributed by atoms with Crippen LogP contribution in [0.3, 0.4) is 0 Å². The van der Waals surface area contributed by atoms with E-state index in [1.54, 1.807) is 11.3 Å². The fourth-order valence-corrected chi connectivity index (χ4v) is 4.71. The molecule has 3 heterocycles. The molecule has 0 unspecified atom stereocenters. The number of hydrogen-bond donors (Lipinski definition) is 1. The largest absolute Gasteiger partial charge is 0.335 e. The molecule has 1 fully saturated rings. The van der Waals surface area contributed by atoms with Gasteiger partial charge in [-0.1, -0.05) is 26.8 Å². The summed E-state index contributed by atoms with van der Waals surface area (Å²) < 4.78 is 0. The van der Waals surface area contributed by atoms with E-state index in [0.717, 1.165) is 48.2 Å². The summed E-state index contributed by atoms with van der Waals surface area (Å²) in [4.78, 5) is 31.6. The first-order valence-corrected chi connectivity index (χ1v) is 10.9. The molecule has 2 aromatic rings. The first-order valence-electron chi connectivity index (χ1n) is 9.20. The fourth-order valence-electron chi connectivity index (χ4n) is 2.93. The summed E-state index contributed by atoms with van der Waals surface area (Å²) in [5, 5.41) is 5.78. The van der Waals surface area contributed by atoms with Gasteiger partial charge in [-0.3, -0.25) is 14.5 Å². The van der Waals surface area contributed by atoms with Gasteiger partial charge in [-0.05, 0) is 30.0 Å². The van der Waals surface area contributed by atoms with Crippen LogP contribution in [0.2, 0.25) is 0 Å². The predicted molar refractivity (Wildman–Crippen MR) is 113 cm³/mol. The van der Waals surface area contributed by atoms with Crippen LogP contribution in [0.15, 0.2) is 23.6 Å². The number of piperazine rings is 1. The van der Waals surface area contributed by atoms with E-state index < -0.39 is 5.41 Å². The maximum absolute atomic E-state index is 12.9. The third kappa shape index (κ3) is 4.97. The second-order valence-corrected chi connectivity index (χ2v) is 10.1. The van der Waals surface area contributed by atoms with Crippen molar-refractivity contribution in [3.8, 4) is 0 Å². The molecule has 7 heteroatoms. The predicted octanol–water partition coefficient (Wildman–Crippen LogP) is 4.06. The molecule has 0 radical (unpaired) electrons. The molecule has 0 bridgehead atoms. The zero-order valence-electron chi connectivity index (χ0n) is 16.4. The Kier molecular flexibility index (Phi) is 6.03. The molecule has 0 atom stereocenters. The number of thiophene rings is 2. The number of hydrogen-bond acceptors (Lipinski definition) is 5. The molecular weight excluding hydrogens is 378 g/mol. The van der Waals surface area contributed by atoms with Crippen molar-refractivity contribution in [1.82, 2.24) is 9.80 Å². The number of carbonyl (C=O) groups excluding carboxylic acids is 2. The van der Waals surface area contributed by atoms with Gasteiger partial charge >= 0.3 is 0 Å². The summed E-state index contributed by atoms with van der Waals surface area (Å²) in [6, 6.07) is 6.13. The monoisotopic (exact) mass is 405 g/mol. The first kappa shape index (κ1) is 20.0. The van der Waals surface area contributed by atoms with Gasteiger partial charge in [0.25, 0.3) is 5.91 Å². The van der Waals surface area contributed by atoms with Gasteiger partial charge in [-0.15, -0.1) is 22.7 Å². The van der Waals surface area contributed by atoms with Gasteiger partial charge in [-0.25, -0.2) is 0 Å². The van der Waals surface area contributed by atoms with E-state index in [1.165, 1.54) is 16.2 Å². The second kappa shape index (κ2) is 8.12. The number of aryl methyl sites for hydroxylation is 1. The molecule has 1 saturated heterocycles. The standard InChI is InChI=1S/C20H27N3O2S2/c1-14-12-16(21-19(25)20(2,3)4)27-17(14)18(24)23-9-7-22(8-10-23)13-15-6-5-11-26-15/h5-6,11-12H,7-10,13H2,1-4H3,(H,21,25). The molecule has 2 amide bonds. The van der Waals surface area contributed by atoms with Crippen molar-refractivity contribution in [1.29, 1.82) is 0 Å². The Labute approximate surface area is 169 Å². The normalized spacial score (nSPS) is 15.8. The van der Waals surface area contributed by atoms with Crippen molar-refractivity contribution in [2.75, 3.05) is 31.5 Å². The average Bonchev–Trinajstić information content (AvgIpc) is 3.24. The summed E-state index contributed by atoms with van der Waals surface area (Å²) >= 11 is 3.15. The molecule has 0 aromatic carbocycles. The SMILES string of the molecule is Cc1cc(NC(=O)C(C)(C)C)sc1C(=O)N1CCN(Cc2cccs2)CC1. The van der Waals surface area contributed by atoms with Gasteiger partial charge in [0.1, 0.15) is 0 Å². The van der Waals surface area contributed by atoms with E-state index in [-0.39, 0.29) is 11.8 Å². The lowest BCUT2D eigenvalue weighted by molar-refractivity contribution is -0.123. The van der Waals surface area contributed by atoms with Crippen molar-refractivity contribution in [3.05, 3.63) is 38.9 Å². The molecule has 0 saturated carbocycles. The third-order valence-corrected chi connectivity index (χ3v) is 6.65. The van der Waals surface area contributed by atoms with Gasteiger partial charge in [0.05, 0.1) is 9.88 Å². The Bertz CT molecular complexity index is 798. The van der Waals surface area contributed by atoms with Crippen molar-refractivity contribution < 1.29 is 9.59 Å². The maximum atomic E-state index is 12.9. The number of amides is 2. The summed E-state index contributed by atoms with van der Waals surface area (Å²) in [6.07, 6.45) is 0. The van der Waals surface area contributed by atoms with E-state index in [9.17, 15) is 9.59 Å². The van der Waals surface area contributed by atoms with Gasteiger partial charge in [-0.2, -0.15) is 0 Å². The van der Waals surface area contributed by atoms with E-state index in [1.807, 2.05) is 38.7 Å². The summed E-state index contributed by atoms with van der Waals surface area (Å²) in [6.45, 7) is 11.8. The molecule has 1 aliphatic rings. The number of nitrogens with zero attached hydrogens (tertiary/aromatic N) is 2. The average molecular weight is 406 g/mol. The number of carbonyl (C=O) groups is 2. The molecule has 1 aliphatic heterocycles. The fraction of sp³-hybridized carbons (Fsp3) is 0.500. The zero-order valence-corrected chi connectivity index (χ0v) is 18.0. The molecular formula is C20H27N3O2S2. The lowest BCUT2D eigenvalue weighted by Crippen LogP contribution is -2.48. The number of nitrogens with one attached hydrogen (secondary N) is 1. The van der Waals surface area contributed by atoms with Crippen molar-refractivity contribution in [3.63, 3.8) is 0 Å². The minimum Gasteiger partial charge on any atom is -0.335 e. The smallest absolute Gasteiger partial charge is 0.264 e. The van der Waals surface area contributed by atoms with Crippen molar-refractivity contribution >= 4 is 39.5 Å². The topological polar surface area (TPSA) is 52.7 Å². The van der Waals surface area contributed by atoms with Gasteiger partial charge < -0.3 is 10.2 Å². The van der Waals surface area contributed by atoms with E-state index >= 15 is 0 Å². The van der Waals surface area contributed by atoms with Crippen LogP contribution in [0.4, 0.5) is 5.00 Å². The van der Waals surface area contributed by atoms with Gasteiger partial charge in [0, 0.05) is 43.0 Å². The third-order valence-electron chi connectivity index (χ3n) is 4.65. The van der Waals surface area contributed by atoms with E-state index in [2.05, 4.69) is 27.7 Å². The highest BCUT2D eigenvalue weighted by atomic mass is 32.1. The molecule has 146 valence electrons. The van der Waals surface area contributed by atoms with Crippen LogP contribution in [0, 0.1) is 12.3 Å². The maximum Gasteiger partial charge on any atom is 0.264 e. The minimum absolute atomic E-state index is 0.0371. The Morgan fingerprint density at radius 3 is 2.48 bits per heavy atom. The highest BCUT2D eigenvalue weighted by molar-refractivity contribution is 7.18. The number of anilines is 1. The molecule has 0 aliphatic carbocycles. The quantitative estimate of drug-likeness (QED) is 0.835. The second-order valence-electron chi connectivity index (χ2n) is 7.97. The van der Waals surface area contributed by atoms with Crippen LogP contribution < -0.4 is 5.32 Å². The molecule has 5 nitrogen and oxygen atoms in total. The van der Waals surface area contributed by atoms with Gasteiger partial charge in [0.15, 0.2) is 0 Å². The molecule has 1 N–H and O–H groups in total. The summed E-state index contributed by atoms with van der Waals surface area (Å²) in [5.41, 5.74) is 0.469. The van der Waals surface area contributed by atoms with Crippen molar-refractivity contribution in [2.45, 2.75) is 34.2 Å². The van der Waals surface area contributed by atoms with Crippen LogP contribution in [0.1, 0.15) is 40.9 Å². The van der Waals surface area contributed by atoms with Crippen LogP contribution in [-0.2, 0) is 11.3 Å². The van der Waals surface area contributed by atoms with E-state index in [0.29, 0.717) is 0 Å². The van der Waals surface area contributed by atoms with Crippen LogP contribution in [0.25, 0.3) is 0 Å². The lowest BCUT2D eigenvalue weighted by atomic mass is 9.96. The van der Waals surface area contributed by atoms with Crippen molar-refractivity contribution in [2.24, 2.45) is 5.41 Å². The van der Waals surface area contributed by atoms with Crippen LogP contribution >= 0.6 is 22.7 Å². The highest BCUT2D eigenvalue weighted by Crippen LogP contribution is 2.29. The first-order chi connectivity index (χ1) is 12.7.